The van der Waals surface area contributed by atoms with Crippen LogP contribution in [0.5, 0.6) is 0 Å². The fourth-order valence-corrected chi connectivity index (χ4v) is 2.37. The quantitative estimate of drug-likeness (QED) is 0.920. The summed E-state index contributed by atoms with van der Waals surface area (Å²) in [5.41, 5.74) is 0.614. The minimum absolute atomic E-state index is 0.0788. The third kappa shape index (κ3) is 3.26. The smallest absolute Gasteiger partial charge is 0.238 e. The number of hydrogen-bond donors (Lipinski definition) is 1. The Labute approximate surface area is 118 Å². The molecule has 1 aromatic carbocycles. The molecule has 1 aromatic rings. The van der Waals surface area contributed by atoms with Crippen LogP contribution in [0.15, 0.2) is 24.3 Å². The van der Waals surface area contributed by atoms with Crippen molar-refractivity contribution in [3.63, 3.8) is 0 Å². The summed E-state index contributed by atoms with van der Waals surface area (Å²) in [6.45, 7) is 4.81. The van der Waals surface area contributed by atoms with Gasteiger partial charge in [-0.15, -0.1) is 0 Å². The predicted molar refractivity (Wildman–Crippen MR) is 75.0 cm³/mol. The summed E-state index contributed by atoms with van der Waals surface area (Å²) in [5, 5.41) is 3.88. The van der Waals surface area contributed by atoms with E-state index in [0.29, 0.717) is 18.1 Å². The summed E-state index contributed by atoms with van der Waals surface area (Å²) in [6, 6.07) is 7.56. The van der Waals surface area contributed by atoms with E-state index >= 15 is 0 Å². The van der Waals surface area contributed by atoms with Gasteiger partial charge in [0.25, 0.3) is 0 Å². The molecule has 4 nitrogen and oxygen atoms in total. The van der Waals surface area contributed by atoms with Gasteiger partial charge < -0.3 is 9.64 Å². The first kappa shape index (κ1) is 14.3. The minimum Gasteiger partial charge on any atom is -0.377 e. The lowest BCUT2D eigenvalue weighted by Gasteiger charge is -2.32. The Morgan fingerprint density at radius 1 is 1.53 bits per heavy atom. The first-order valence-corrected chi connectivity index (χ1v) is 6.64. The highest BCUT2D eigenvalue weighted by Gasteiger charge is 2.35. The van der Waals surface area contributed by atoms with Gasteiger partial charge in [-0.2, -0.15) is 0 Å². The number of nitrogens with one attached hydrogen (secondary N) is 1. The lowest BCUT2D eigenvalue weighted by atomic mass is 10.1. The lowest BCUT2D eigenvalue weighted by Crippen LogP contribution is -2.42. The van der Waals surface area contributed by atoms with Crippen LogP contribution in [0, 0.1) is 0 Å². The number of carbonyl (C=O) groups is 1. The van der Waals surface area contributed by atoms with Crippen LogP contribution < -0.4 is 5.32 Å². The molecule has 1 unspecified atom stereocenters. The fraction of sp³-hybridized carbons (Fsp3) is 0.500. The second-order valence-electron chi connectivity index (χ2n) is 5.32. The van der Waals surface area contributed by atoms with Crippen molar-refractivity contribution in [1.29, 1.82) is 0 Å². The molecule has 1 saturated heterocycles. The second kappa shape index (κ2) is 5.49. The van der Waals surface area contributed by atoms with Gasteiger partial charge in [-0.05, 0) is 31.5 Å². The number of amides is 1. The Bertz CT molecular complexity index is 476. The van der Waals surface area contributed by atoms with E-state index in [1.165, 1.54) is 0 Å². The van der Waals surface area contributed by atoms with Gasteiger partial charge in [-0.25, -0.2) is 0 Å². The van der Waals surface area contributed by atoms with Gasteiger partial charge in [0, 0.05) is 12.1 Å². The maximum atomic E-state index is 12.0. The van der Waals surface area contributed by atoms with Crippen LogP contribution in [0.1, 0.15) is 25.6 Å². The van der Waals surface area contributed by atoms with Crippen molar-refractivity contribution in [3.05, 3.63) is 34.9 Å². The van der Waals surface area contributed by atoms with Crippen molar-refractivity contribution < 1.29 is 9.53 Å². The van der Waals surface area contributed by atoms with Crippen molar-refractivity contribution in [2.24, 2.45) is 0 Å². The topological polar surface area (TPSA) is 41.6 Å². The third-order valence-electron chi connectivity index (χ3n) is 3.35. The number of rotatable bonds is 4. The number of hydrogen-bond acceptors (Lipinski definition) is 3. The van der Waals surface area contributed by atoms with E-state index in [9.17, 15) is 4.79 Å². The number of nitrogens with zero attached hydrogens (tertiary/aromatic N) is 1. The number of ether oxygens (including phenoxy) is 1. The van der Waals surface area contributed by atoms with Gasteiger partial charge in [-0.3, -0.25) is 10.1 Å². The monoisotopic (exact) mass is 282 g/mol. The van der Waals surface area contributed by atoms with Gasteiger partial charge in [0.1, 0.15) is 6.17 Å². The molecular formula is C14H19ClN2O2. The standard InChI is InChI=1S/C14H19ClN2O2/c1-14(2,19-3)9-17-12(18)8-16-13(17)10-5-4-6-11(15)7-10/h4-7,13,16H,8-9H2,1-3H3. The van der Waals surface area contributed by atoms with Gasteiger partial charge in [-0.1, -0.05) is 23.7 Å². The molecule has 1 atom stereocenters. The molecular weight excluding hydrogens is 264 g/mol. The highest BCUT2D eigenvalue weighted by atomic mass is 35.5. The maximum Gasteiger partial charge on any atom is 0.238 e. The Hall–Kier alpha value is -1.10. The summed E-state index contributed by atoms with van der Waals surface area (Å²) in [5.74, 6) is 0.0788. The average Bonchev–Trinajstić information content (AvgIpc) is 2.71. The van der Waals surface area contributed by atoms with Crippen molar-refractivity contribution in [3.8, 4) is 0 Å². The van der Waals surface area contributed by atoms with Crippen LogP contribution in [0.3, 0.4) is 0 Å². The van der Waals surface area contributed by atoms with E-state index in [-0.39, 0.29) is 17.7 Å². The molecule has 1 fully saturated rings. The Morgan fingerprint density at radius 3 is 2.89 bits per heavy atom. The van der Waals surface area contributed by atoms with Gasteiger partial charge in [0.05, 0.1) is 18.7 Å². The number of benzene rings is 1. The summed E-state index contributed by atoms with van der Waals surface area (Å²) >= 11 is 6.01. The molecule has 0 saturated carbocycles. The summed E-state index contributed by atoms with van der Waals surface area (Å²) < 4.78 is 5.41. The normalized spacial score (nSPS) is 20.1. The van der Waals surface area contributed by atoms with Gasteiger partial charge in [0.15, 0.2) is 0 Å². The first-order valence-electron chi connectivity index (χ1n) is 6.26. The molecule has 0 aliphatic carbocycles. The van der Waals surface area contributed by atoms with Crippen molar-refractivity contribution >= 4 is 17.5 Å². The highest BCUT2D eigenvalue weighted by molar-refractivity contribution is 6.30. The molecule has 0 radical (unpaired) electrons. The summed E-state index contributed by atoms with van der Waals surface area (Å²) in [7, 11) is 1.66. The molecule has 0 spiro atoms. The Kier molecular flexibility index (Phi) is 4.13. The molecule has 104 valence electrons. The molecule has 0 bridgehead atoms. The number of methoxy groups -OCH3 is 1. The molecule has 5 heteroatoms. The zero-order valence-corrected chi connectivity index (χ0v) is 12.2. The fourth-order valence-electron chi connectivity index (χ4n) is 2.17. The molecule has 2 rings (SSSR count). The molecule has 1 heterocycles. The molecule has 1 amide bonds. The second-order valence-corrected chi connectivity index (χ2v) is 5.76. The van der Waals surface area contributed by atoms with E-state index in [2.05, 4.69) is 5.32 Å². The number of halogens is 1. The van der Waals surface area contributed by atoms with Gasteiger partial charge in [0.2, 0.25) is 5.91 Å². The Balaban J connectivity index is 2.22. The van der Waals surface area contributed by atoms with Crippen LogP contribution in [-0.2, 0) is 9.53 Å². The molecule has 0 aromatic heterocycles. The molecule has 1 aliphatic heterocycles. The van der Waals surface area contributed by atoms with E-state index < -0.39 is 0 Å². The summed E-state index contributed by atoms with van der Waals surface area (Å²) in [6.07, 6.45) is -0.138. The highest BCUT2D eigenvalue weighted by Crippen LogP contribution is 2.26. The maximum absolute atomic E-state index is 12.0. The van der Waals surface area contributed by atoms with Crippen LogP contribution in [0.25, 0.3) is 0 Å². The van der Waals surface area contributed by atoms with Crippen molar-refractivity contribution in [2.75, 3.05) is 20.2 Å². The zero-order chi connectivity index (χ0) is 14.0. The van der Waals surface area contributed by atoms with Crippen LogP contribution in [-0.4, -0.2) is 36.6 Å². The van der Waals surface area contributed by atoms with E-state index in [1.807, 2.05) is 38.1 Å². The minimum atomic E-state index is -0.376. The van der Waals surface area contributed by atoms with E-state index in [4.69, 9.17) is 16.3 Å². The SMILES string of the molecule is COC(C)(C)CN1C(=O)CNC1c1cccc(Cl)c1. The largest absolute Gasteiger partial charge is 0.377 e. The first-order chi connectivity index (χ1) is 8.93. The van der Waals surface area contributed by atoms with Gasteiger partial charge >= 0.3 is 0 Å². The summed E-state index contributed by atoms with van der Waals surface area (Å²) in [4.78, 5) is 13.8. The van der Waals surface area contributed by atoms with Crippen LogP contribution in [0.4, 0.5) is 0 Å². The Morgan fingerprint density at radius 2 is 2.26 bits per heavy atom. The van der Waals surface area contributed by atoms with Crippen LogP contribution in [0.2, 0.25) is 5.02 Å². The lowest BCUT2D eigenvalue weighted by molar-refractivity contribution is -0.131. The van der Waals surface area contributed by atoms with Crippen LogP contribution >= 0.6 is 11.6 Å². The van der Waals surface area contributed by atoms with Crippen molar-refractivity contribution in [2.45, 2.75) is 25.6 Å². The van der Waals surface area contributed by atoms with Crippen molar-refractivity contribution in [1.82, 2.24) is 10.2 Å². The molecule has 1 N–H and O–H groups in total. The average molecular weight is 283 g/mol. The zero-order valence-electron chi connectivity index (χ0n) is 11.4. The third-order valence-corrected chi connectivity index (χ3v) is 3.58. The predicted octanol–water partition coefficient (Wildman–Crippen LogP) is 2.20. The molecule has 1 aliphatic rings. The number of carbonyl (C=O) groups excluding carboxylic acids is 1. The molecule has 19 heavy (non-hydrogen) atoms. The van der Waals surface area contributed by atoms with E-state index in [1.54, 1.807) is 12.0 Å². The van der Waals surface area contributed by atoms with E-state index in [0.717, 1.165) is 5.56 Å².